The van der Waals surface area contributed by atoms with Crippen LogP contribution < -0.4 is 15.9 Å². The molecular formula is C35H22N3OP. The van der Waals surface area contributed by atoms with Crippen molar-refractivity contribution < 1.29 is 4.57 Å². The van der Waals surface area contributed by atoms with E-state index < -0.39 is 7.14 Å². The Morgan fingerprint density at radius 2 is 1.30 bits per heavy atom. The van der Waals surface area contributed by atoms with E-state index in [4.69, 9.17) is 16.5 Å². The van der Waals surface area contributed by atoms with Crippen LogP contribution in [0.2, 0.25) is 0 Å². The third kappa shape index (κ3) is 3.88. The average Bonchev–Trinajstić information content (AvgIpc) is 3.04. The number of pyridine rings is 2. The summed E-state index contributed by atoms with van der Waals surface area (Å²) in [6, 6.07) is 41.4. The Balaban J connectivity index is 1.41. The van der Waals surface area contributed by atoms with Gasteiger partial charge in [0.15, 0.2) is 12.8 Å². The van der Waals surface area contributed by atoms with Gasteiger partial charge in [-0.05, 0) is 40.8 Å². The molecule has 7 aromatic rings. The van der Waals surface area contributed by atoms with Gasteiger partial charge in [-0.1, -0.05) is 103 Å². The van der Waals surface area contributed by atoms with Gasteiger partial charge >= 0.3 is 0 Å². The molecule has 0 saturated heterocycles. The molecule has 0 fully saturated rings. The van der Waals surface area contributed by atoms with Crippen LogP contribution in [0.15, 0.2) is 134 Å². The highest BCUT2D eigenvalue weighted by Gasteiger charge is 2.29. The standard InChI is InChI=1S/C35H22N3OP/c1-36-27-17-14-25-21-26-22-32(31-13-8-20-37-35(31)34(26)38-33(25)23-27)24-15-18-30(19-16-24)40(39,28-9-4-2-5-10-28)29-11-6-3-7-12-29/h2-23H. The minimum atomic E-state index is -3.05. The molecular weight excluding hydrogens is 509 g/mol. The predicted molar refractivity (Wildman–Crippen MR) is 166 cm³/mol. The van der Waals surface area contributed by atoms with E-state index >= 15 is 0 Å². The minimum Gasteiger partial charge on any atom is -0.309 e. The molecule has 0 unspecified atom stereocenters. The molecule has 0 N–H and O–H groups in total. The van der Waals surface area contributed by atoms with Gasteiger partial charge in [0.25, 0.3) is 0 Å². The maximum absolute atomic E-state index is 14.8. The van der Waals surface area contributed by atoms with E-state index in [1.54, 1.807) is 6.20 Å². The molecule has 5 heteroatoms. The van der Waals surface area contributed by atoms with Crippen molar-refractivity contribution in [1.29, 1.82) is 0 Å². The molecule has 0 radical (unpaired) electrons. The zero-order valence-electron chi connectivity index (χ0n) is 21.4. The second kappa shape index (κ2) is 9.58. The molecule has 0 saturated carbocycles. The van der Waals surface area contributed by atoms with Crippen LogP contribution in [0.5, 0.6) is 0 Å². The van der Waals surface area contributed by atoms with Gasteiger partial charge in [-0.25, -0.2) is 9.83 Å². The Morgan fingerprint density at radius 3 is 1.98 bits per heavy atom. The zero-order chi connectivity index (χ0) is 27.1. The lowest BCUT2D eigenvalue weighted by molar-refractivity contribution is 0.592. The third-order valence-corrected chi connectivity index (χ3v) is 10.4. The monoisotopic (exact) mass is 531 g/mol. The van der Waals surface area contributed by atoms with E-state index in [0.29, 0.717) is 5.69 Å². The van der Waals surface area contributed by atoms with Crippen LogP contribution in [0.25, 0.3) is 48.7 Å². The number of fused-ring (bicyclic) bond motifs is 4. The highest BCUT2D eigenvalue weighted by atomic mass is 31.2. The first-order chi connectivity index (χ1) is 19.6. The van der Waals surface area contributed by atoms with E-state index in [2.05, 4.69) is 35.2 Å². The van der Waals surface area contributed by atoms with Crippen molar-refractivity contribution in [3.63, 3.8) is 0 Å². The zero-order valence-corrected chi connectivity index (χ0v) is 22.3. The number of benzene rings is 5. The van der Waals surface area contributed by atoms with Crippen LogP contribution in [0.3, 0.4) is 0 Å². The first-order valence-electron chi connectivity index (χ1n) is 13.0. The van der Waals surface area contributed by atoms with E-state index in [1.165, 1.54) is 0 Å². The van der Waals surface area contributed by atoms with Gasteiger partial charge in [0, 0.05) is 32.9 Å². The lowest BCUT2D eigenvalue weighted by Gasteiger charge is -2.20. The normalized spacial score (nSPS) is 11.6. The van der Waals surface area contributed by atoms with Crippen LogP contribution in [0, 0.1) is 6.57 Å². The topological polar surface area (TPSA) is 47.2 Å². The Hall–Kier alpha value is -5.10. The number of aromatic nitrogens is 2. The summed E-state index contributed by atoms with van der Waals surface area (Å²) in [5, 5.41) is 5.36. The predicted octanol–water partition coefficient (Wildman–Crippen LogP) is 7.79. The largest absolute Gasteiger partial charge is 0.309 e. The van der Waals surface area contributed by atoms with Gasteiger partial charge in [-0.2, -0.15) is 0 Å². The molecule has 5 aromatic carbocycles. The SMILES string of the molecule is [C-]#[N+]c1ccc2cc3cc(-c4ccc(P(=O)(c5ccccc5)c5ccccc5)cc4)c4cccnc4c3nc2c1. The van der Waals surface area contributed by atoms with E-state index in [1.807, 2.05) is 97.1 Å². The van der Waals surface area contributed by atoms with Crippen LogP contribution in [-0.2, 0) is 4.57 Å². The Kier molecular flexibility index (Phi) is 5.74. The van der Waals surface area contributed by atoms with Crippen molar-refractivity contribution in [2.45, 2.75) is 0 Å². The fourth-order valence-corrected chi connectivity index (χ4v) is 8.05. The molecule has 0 bridgehead atoms. The molecule has 2 aromatic heterocycles. The third-order valence-electron chi connectivity index (χ3n) is 7.36. The first-order valence-corrected chi connectivity index (χ1v) is 14.7. The summed E-state index contributed by atoms with van der Waals surface area (Å²) >= 11 is 0. The summed E-state index contributed by atoms with van der Waals surface area (Å²) in [7, 11) is -3.05. The average molecular weight is 532 g/mol. The Bertz CT molecular complexity index is 2090. The van der Waals surface area contributed by atoms with Gasteiger partial charge in [-0.3, -0.25) is 4.98 Å². The molecule has 188 valence electrons. The van der Waals surface area contributed by atoms with Crippen LogP contribution in [-0.4, -0.2) is 9.97 Å². The second-order valence-corrected chi connectivity index (χ2v) is 12.5. The number of rotatable bonds is 4. The maximum atomic E-state index is 14.8. The van der Waals surface area contributed by atoms with Gasteiger partial charge in [0.2, 0.25) is 0 Å². The van der Waals surface area contributed by atoms with Crippen molar-refractivity contribution in [1.82, 2.24) is 9.97 Å². The molecule has 2 heterocycles. The smallest absolute Gasteiger partial charge is 0.189 e. The van der Waals surface area contributed by atoms with Crippen molar-refractivity contribution in [3.8, 4) is 11.1 Å². The fourth-order valence-electron chi connectivity index (χ4n) is 5.40. The Labute approximate surface area is 231 Å². The number of hydrogen-bond donors (Lipinski definition) is 0. The summed E-state index contributed by atoms with van der Waals surface area (Å²) < 4.78 is 14.8. The second-order valence-electron chi connectivity index (χ2n) is 9.70. The van der Waals surface area contributed by atoms with Gasteiger partial charge in [0.1, 0.15) is 0 Å². The van der Waals surface area contributed by atoms with Gasteiger partial charge in [-0.15, -0.1) is 0 Å². The molecule has 0 aliphatic carbocycles. The summed E-state index contributed by atoms with van der Waals surface area (Å²) in [6.07, 6.45) is 1.78. The molecule has 4 nitrogen and oxygen atoms in total. The number of nitrogens with zero attached hydrogens (tertiary/aromatic N) is 3. The van der Waals surface area contributed by atoms with Gasteiger partial charge in [0.05, 0.1) is 23.1 Å². The molecule has 7 rings (SSSR count). The van der Waals surface area contributed by atoms with E-state index in [-0.39, 0.29) is 0 Å². The van der Waals surface area contributed by atoms with Crippen LogP contribution in [0.4, 0.5) is 5.69 Å². The molecule has 0 amide bonds. The molecule has 0 aliphatic heterocycles. The Morgan fingerprint density at radius 1 is 0.625 bits per heavy atom. The van der Waals surface area contributed by atoms with Gasteiger partial charge < -0.3 is 4.57 Å². The van der Waals surface area contributed by atoms with Crippen molar-refractivity contribution in [2.24, 2.45) is 0 Å². The molecule has 40 heavy (non-hydrogen) atoms. The summed E-state index contributed by atoms with van der Waals surface area (Å²) in [4.78, 5) is 13.2. The summed E-state index contributed by atoms with van der Waals surface area (Å²) in [5.41, 5.74) is 5.02. The lowest BCUT2D eigenvalue weighted by atomic mass is 9.97. The van der Waals surface area contributed by atoms with Crippen molar-refractivity contribution in [2.75, 3.05) is 0 Å². The summed E-state index contributed by atoms with van der Waals surface area (Å²) in [5.74, 6) is 0. The quantitative estimate of drug-likeness (QED) is 0.101. The van der Waals surface area contributed by atoms with E-state index in [9.17, 15) is 4.57 Å². The van der Waals surface area contributed by atoms with Crippen molar-refractivity contribution in [3.05, 3.63) is 145 Å². The first kappa shape index (κ1) is 24.0. The summed E-state index contributed by atoms with van der Waals surface area (Å²) in [6.45, 7) is 7.36. The lowest BCUT2D eigenvalue weighted by Crippen LogP contribution is -2.24. The van der Waals surface area contributed by atoms with Crippen LogP contribution >= 0.6 is 7.14 Å². The number of hydrogen-bond acceptors (Lipinski definition) is 3. The molecule has 0 spiro atoms. The minimum absolute atomic E-state index is 0.566. The maximum Gasteiger partial charge on any atom is 0.189 e. The van der Waals surface area contributed by atoms with Crippen molar-refractivity contribution >= 4 is 61.5 Å². The molecule has 0 atom stereocenters. The fraction of sp³-hybridized carbons (Fsp3) is 0. The molecule has 0 aliphatic rings. The highest BCUT2D eigenvalue weighted by molar-refractivity contribution is 7.85. The van der Waals surface area contributed by atoms with E-state index in [0.717, 1.165) is 59.7 Å². The van der Waals surface area contributed by atoms with Crippen LogP contribution in [0.1, 0.15) is 0 Å². The highest BCUT2D eigenvalue weighted by Crippen LogP contribution is 2.43.